The van der Waals surface area contributed by atoms with Crippen LogP contribution in [0.5, 0.6) is 0 Å². The summed E-state index contributed by atoms with van der Waals surface area (Å²) in [6, 6.07) is 8.17. The van der Waals surface area contributed by atoms with Crippen LogP contribution in [0, 0.1) is 0 Å². The maximum atomic E-state index is 12.0. The Morgan fingerprint density at radius 3 is 2.97 bits per heavy atom. The fraction of sp³-hybridized carbons (Fsp3) is 0.440. The molecule has 2 saturated heterocycles. The largest absolute Gasteiger partial charge is 0.373 e. The lowest BCUT2D eigenvalue weighted by atomic mass is 10.1. The van der Waals surface area contributed by atoms with E-state index >= 15 is 0 Å². The summed E-state index contributed by atoms with van der Waals surface area (Å²) in [6.07, 6.45) is 4.02. The number of ether oxygens (including phenoxy) is 1. The molecule has 0 aliphatic carbocycles. The number of pyridine rings is 2. The Hall–Kier alpha value is -3.08. The highest BCUT2D eigenvalue weighted by Gasteiger charge is 2.28. The van der Waals surface area contributed by atoms with E-state index < -0.39 is 0 Å². The van der Waals surface area contributed by atoms with Gasteiger partial charge in [-0.05, 0) is 56.2 Å². The van der Waals surface area contributed by atoms with E-state index in [9.17, 15) is 4.79 Å². The Kier molecular flexibility index (Phi) is 6.68. The van der Waals surface area contributed by atoms with Crippen molar-refractivity contribution < 1.29 is 9.53 Å². The standard InChI is InChI=1S/C25H31N7O2S/c1-4-22(33)32-9-7-18(15-32)27-20-12-17(14-31-10-11-34-25(2,3)16-31)13-21(29-20)30-24-28-19-6-5-8-26-23(19)35-24/h4-6,8,12-13,18H,1,7,9-11,14-16H2,2-3H3,(H2,27,28,29,30)/t18-/m0/s1. The summed E-state index contributed by atoms with van der Waals surface area (Å²) in [5.41, 5.74) is 1.86. The second-order valence-electron chi connectivity index (χ2n) is 9.65. The number of aromatic nitrogens is 3. The number of fused-ring (bicyclic) bond motifs is 1. The first kappa shape index (κ1) is 23.7. The molecule has 0 saturated carbocycles. The van der Waals surface area contributed by atoms with Crippen LogP contribution in [0.4, 0.5) is 16.8 Å². The van der Waals surface area contributed by atoms with Gasteiger partial charge in [0, 0.05) is 45.0 Å². The lowest BCUT2D eigenvalue weighted by Gasteiger charge is -2.38. The van der Waals surface area contributed by atoms with Gasteiger partial charge >= 0.3 is 0 Å². The minimum Gasteiger partial charge on any atom is -0.373 e. The van der Waals surface area contributed by atoms with Gasteiger partial charge in [0.05, 0.1) is 12.2 Å². The number of rotatable bonds is 7. The second-order valence-corrected chi connectivity index (χ2v) is 10.6. The normalized spacial score (nSPS) is 20.2. The molecule has 5 heterocycles. The number of amides is 1. The molecule has 0 bridgehead atoms. The average molecular weight is 494 g/mol. The molecule has 2 fully saturated rings. The van der Waals surface area contributed by atoms with Crippen molar-refractivity contribution in [2.24, 2.45) is 0 Å². The first-order valence-electron chi connectivity index (χ1n) is 11.9. The molecule has 5 rings (SSSR count). The number of likely N-dealkylation sites (tertiary alicyclic amines) is 1. The SMILES string of the molecule is C=CC(=O)N1CC[C@H](Nc2cc(CN3CCOC(C)(C)C3)cc(Nc3nc4cccnc4s3)n2)C1. The van der Waals surface area contributed by atoms with Crippen LogP contribution in [-0.4, -0.2) is 75.1 Å². The van der Waals surface area contributed by atoms with Crippen LogP contribution in [0.15, 0.2) is 43.1 Å². The molecule has 0 spiro atoms. The second kappa shape index (κ2) is 9.88. The third-order valence-corrected chi connectivity index (χ3v) is 7.12. The molecule has 0 radical (unpaired) electrons. The van der Waals surface area contributed by atoms with Crippen molar-refractivity contribution in [1.82, 2.24) is 24.8 Å². The van der Waals surface area contributed by atoms with Crippen molar-refractivity contribution in [2.45, 2.75) is 38.5 Å². The Bertz CT molecular complexity index is 1190. The number of hydrogen-bond acceptors (Lipinski definition) is 9. The van der Waals surface area contributed by atoms with E-state index in [1.807, 2.05) is 17.0 Å². The van der Waals surface area contributed by atoms with Crippen molar-refractivity contribution in [2.75, 3.05) is 43.4 Å². The molecule has 0 unspecified atom stereocenters. The molecule has 2 aliphatic rings. The zero-order chi connectivity index (χ0) is 24.4. The molecule has 10 heteroatoms. The molecule has 1 amide bonds. The zero-order valence-electron chi connectivity index (χ0n) is 20.2. The number of carbonyl (C=O) groups is 1. The Morgan fingerprint density at radius 2 is 2.17 bits per heavy atom. The van der Waals surface area contributed by atoms with Gasteiger partial charge in [-0.3, -0.25) is 9.69 Å². The zero-order valence-corrected chi connectivity index (χ0v) is 21.0. The van der Waals surface area contributed by atoms with E-state index in [0.717, 1.165) is 71.9 Å². The summed E-state index contributed by atoms with van der Waals surface area (Å²) in [5.74, 6) is 1.49. The number of morpholine rings is 1. The number of thiazole rings is 1. The monoisotopic (exact) mass is 493 g/mol. The quantitative estimate of drug-likeness (QED) is 0.482. The van der Waals surface area contributed by atoms with Crippen molar-refractivity contribution in [3.8, 4) is 0 Å². The average Bonchev–Trinajstić information content (AvgIpc) is 3.44. The molecular formula is C25H31N7O2S. The van der Waals surface area contributed by atoms with Gasteiger partial charge in [-0.25, -0.2) is 15.0 Å². The van der Waals surface area contributed by atoms with Crippen LogP contribution >= 0.6 is 11.3 Å². The molecule has 2 N–H and O–H groups in total. The summed E-state index contributed by atoms with van der Waals surface area (Å²) >= 11 is 1.50. The van der Waals surface area contributed by atoms with Gasteiger partial charge in [-0.1, -0.05) is 17.9 Å². The summed E-state index contributed by atoms with van der Waals surface area (Å²) in [6.45, 7) is 12.5. The van der Waals surface area contributed by atoms with Gasteiger partial charge in [0.2, 0.25) is 5.91 Å². The van der Waals surface area contributed by atoms with E-state index in [2.05, 4.69) is 58.1 Å². The third-order valence-electron chi connectivity index (χ3n) is 6.22. The van der Waals surface area contributed by atoms with E-state index in [0.29, 0.717) is 6.54 Å². The summed E-state index contributed by atoms with van der Waals surface area (Å²) in [7, 11) is 0. The van der Waals surface area contributed by atoms with Crippen molar-refractivity contribution in [3.05, 3.63) is 48.7 Å². The van der Waals surface area contributed by atoms with Crippen molar-refractivity contribution >= 4 is 44.4 Å². The molecule has 3 aromatic rings. The van der Waals surface area contributed by atoms with Crippen LogP contribution in [0.2, 0.25) is 0 Å². The highest BCUT2D eigenvalue weighted by molar-refractivity contribution is 7.21. The van der Waals surface area contributed by atoms with Crippen LogP contribution in [0.3, 0.4) is 0 Å². The fourth-order valence-electron chi connectivity index (χ4n) is 4.67. The van der Waals surface area contributed by atoms with E-state index in [1.165, 1.54) is 17.4 Å². The molecule has 0 aromatic carbocycles. The van der Waals surface area contributed by atoms with Crippen LogP contribution < -0.4 is 10.6 Å². The van der Waals surface area contributed by atoms with Crippen molar-refractivity contribution in [3.63, 3.8) is 0 Å². The predicted molar refractivity (Wildman–Crippen MR) is 139 cm³/mol. The van der Waals surface area contributed by atoms with Gasteiger partial charge in [-0.15, -0.1) is 0 Å². The molecule has 35 heavy (non-hydrogen) atoms. The number of anilines is 3. The summed E-state index contributed by atoms with van der Waals surface area (Å²) in [4.78, 5) is 31.0. The maximum Gasteiger partial charge on any atom is 0.246 e. The highest BCUT2D eigenvalue weighted by atomic mass is 32.1. The van der Waals surface area contributed by atoms with E-state index in [-0.39, 0.29) is 17.6 Å². The van der Waals surface area contributed by atoms with Crippen molar-refractivity contribution in [1.29, 1.82) is 0 Å². The fourth-order valence-corrected chi connectivity index (χ4v) is 5.49. The summed E-state index contributed by atoms with van der Waals surface area (Å²) in [5, 5.41) is 7.68. The molecular weight excluding hydrogens is 462 g/mol. The van der Waals surface area contributed by atoms with E-state index in [4.69, 9.17) is 9.72 Å². The lowest BCUT2D eigenvalue weighted by molar-refractivity contribution is -0.125. The first-order chi connectivity index (χ1) is 16.9. The van der Waals surface area contributed by atoms with Crippen LogP contribution in [0.25, 0.3) is 10.3 Å². The molecule has 2 aliphatic heterocycles. The topological polar surface area (TPSA) is 95.5 Å². The molecule has 1 atom stereocenters. The third kappa shape index (κ3) is 5.77. The Balaban J connectivity index is 1.37. The smallest absolute Gasteiger partial charge is 0.246 e. The Morgan fingerprint density at radius 1 is 1.31 bits per heavy atom. The Labute approximate surface area is 209 Å². The number of nitrogens with one attached hydrogen (secondary N) is 2. The van der Waals surface area contributed by atoms with Crippen LogP contribution in [0.1, 0.15) is 25.8 Å². The highest BCUT2D eigenvalue weighted by Crippen LogP contribution is 2.28. The number of nitrogens with zero attached hydrogens (tertiary/aromatic N) is 5. The molecule has 3 aromatic heterocycles. The van der Waals surface area contributed by atoms with Gasteiger partial charge in [0.15, 0.2) is 5.13 Å². The number of hydrogen-bond donors (Lipinski definition) is 2. The van der Waals surface area contributed by atoms with Gasteiger partial charge in [0.25, 0.3) is 0 Å². The molecule has 9 nitrogen and oxygen atoms in total. The predicted octanol–water partition coefficient (Wildman–Crippen LogP) is 3.64. The maximum absolute atomic E-state index is 12.0. The van der Waals surface area contributed by atoms with E-state index in [1.54, 1.807) is 6.20 Å². The molecule has 184 valence electrons. The van der Waals surface area contributed by atoms with Gasteiger partial charge in [0.1, 0.15) is 22.0 Å². The van der Waals surface area contributed by atoms with Gasteiger partial charge in [-0.2, -0.15) is 0 Å². The number of carbonyl (C=O) groups excluding carboxylic acids is 1. The first-order valence-corrected chi connectivity index (χ1v) is 12.7. The lowest BCUT2D eigenvalue weighted by Crippen LogP contribution is -2.47. The summed E-state index contributed by atoms with van der Waals surface area (Å²) < 4.78 is 5.89. The van der Waals surface area contributed by atoms with Gasteiger partial charge < -0.3 is 20.3 Å². The minimum atomic E-state index is -0.160. The minimum absolute atomic E-state index is 0.0299. The van der Waals surface area contributed by atoms with Crippen LogP contribution in [-0.2, 0) is 16.1 Å².